The number of benzene rings is 1. The van der Waals surface area contributed by atoms with E-state index in [1.807, 2.05) is 6.07 Å². The van der Waals surface area contributed by atoms with Crippen LogP contribution in [0.15, 0.2) is 30.5 Å². The number of nitrogens with one attached hydrogen (secondary N) is 1. The van der Waals surface area contributed by atoms with Crippen LogP contribution in [0, 0.1) is 18.3 Å². The van der Waals surface area contributed by atoms with Crippen LogP contribution >= 0.6 is 0 Å². The molecule has 1 aromatic carbocycles. The lowest BCUT2D eigenvalue weighted by Gasteiger charge is -2.28. The molecule has 0 spiro atoms. The molecule has 5 rings (SSSR count). The Morgan fingerprint density at radius 1 is 1.30 bits per heavy atom. The molecule has 0 aliphatic carbocycles. The van der Waals surface area contributed by atoms with Gasteiger partial charge in [-0.3, -0.25) is 0 Å². The minimum absolute atomic E-state index is 0.184. The third-order valence-electron chi connectivity index (χ3n) is 6.16. The third-order valence-corrected chi connectivity index (χ3v) is 6.16. The molecule has 2 bridgehead atoms. The van der Waals surface area contributed by atoms with Gasteiger partial charge < -0.3 is 20.7 Å². The summed E-state index contributed by atoms with van der Waals surface area (Å²) in [5.41, 5.74) is 4.99. The van der Waals surface area contributed by atoms with Gasteiger partial charge in [0.2, 0.25) is 0 Å². The lowest BCUT2D eigenvalue weighted by Crippen LogP contribution is -2.37. The van der Waals surface area contributed by atoms with Crippen molar-refractivity contribution in [1.29, 1.82) is 5.26 Å². The number of morpholine rings is 1. The first-order valence-electron chi connectivity index (χ1n) is 10.4. The number of anilines is 2. The molecule has 3 atom stereocenters. The van der Waals surface area contributed by atoms with E-state index < -0.39 is 23.5 Å². The number of hydrogen-bond acceptors (Lipinski definition) is 8. The number of aromatic nitrogens is 3. The van der Waals surface area contributed by atoms with E-state index >= 15 is 0 Å². The molecule has 3 aromatic rings. The van der Waals surface area contributed by atoms with Gasteiger partial charge in [0.25, 0.3) is 0 Å². The summed E-state index contributed by atoms with van der Waals surface area (Å²) in [5, 5.41) is 21.7. The monoisotopic (exact) mass is 455 g/mol. The fourth-order valence-electron chi connectivity index (χ4n) is 4.57. The van der Waals surface area contributed by atoms with Gasteiger partial charge in [0.1, 0.15) is 12.0 Å². The van der Waals surface area contributed by atoms with E-state index in [9.17, 15) is 18.4 Å². The second kappa shape index (κ2) is 7.83. The minimum atomic E-state index is -4.74. The molecule has 4 heterocycles. The predicted molar refractivity (Wildman–Crippen MR) is 114 cm³/mol. The van der Waals surface area contributed by atoms with Crippen molar-refractivity contribution in [2.45, 2.75) is 37.8 Å². The Morgan fingerprint density at radius 2 is 2.12 bits per heavy atom. The highest BCUT2D eigenvalue weighted by molar-refractivity contribution is 5.94. The van der Waals surface area contributed by atoms with E-state index in [1.54, 1.807) is 19.2 Å². The number of fused-ring (bicyclic) bond motifs is 3. The maximum atomic E-state index is 13.7. The van der Waals surface area contributed by atoms with Crippen molar-refractivity contribution in [2.75, 3.05) is 23.4 Å². The van der Waals surface area contributed by atoms with Crippen LogP contribution in [0.25, 0.3) is 10.8 Å². The van der Waals surface area contributed by atoms with Crippen molar-refractivity contribution in [3.8, 4) is 6.07 Å². The number of halogens is 3. The zero-order chi connectivity index (χ0) is 23.3. The Hall–Kier alpha value is -3.49. The highest BCUT2D eigenvalue weighted by atomic mass is 19.4. The van der Waals surface area contributed by atoms with Crippen LogP contribution in [0.4, 0.5) is 24.8 Å². The van der Waals surface area contributed by atoms with Gasteiger partial charge in [-0.05, 0) is 25.5 Å². The first-order valence-corrected chi connectivity index (χ1v) is 10.4. The van der Waals surface area contributed by atoms with Crippen LogP contribution in [0.5, 0.6) is 0 Å². The van der Waals surface area contributed by atoms with E-state index in [0.717, 1.165) is 24.8 Å². The van der Waals surface area contributed by atoms with Crippen molar-refractivity contribution in [1.82, 2.24) is 15.2 Å². The van der Waals surface area contributed by atoms with Crippen molar-refractivity contribution in [2.24, 2.45) is 5.73 Å². The molecule has 3 N–H and O–H groups in total. The van der Waals surface area contributed by atoms with Gasteiger partial charge in [-0.1, -0.05) is 12.1 Å². The van der Waals surface area contributed by atoms with Crippen LogP contribution in [0.2, 0.25) is 0 Å². The molecule has 2 aromatic heterocycles. The number of rotatable bonds is 4. The van der Waals surface area contributed by atoms with E-state index in [0.29, 0.717) is 23.1 Å². The second-order valence-corrected chi connectivity index (χ2v) is 8.22. The average molecular weight is 455 g/mol. The average Bonchev–Trinajstić information content (AvgIpc) is 3.43. The van der Waals surface area contributed by atoms with Crippen molar-refractivity contribution in [3.63, 3.8) is 0 Å². The first-order chi connectivity index (χ1) is 15.8. The van der Waals surface area contributed by atoms with Gasteiger partial charge in [0, 0.05) is 29.1 Å². The van der Waals surface area contributed by atoms with Gasteiger partial charge >= 0.3 is 6.18 Å². The van der Waals surface area contributed by atoms with Crippen molar-refractivity contribution < 1.29 is 17.9 Å². The van der Waals surface area contributed by atoms with Crippen LogP contribution in [0.3, 0.4) is 0 Å². The van der Waals surface area contributed by atoms with E-state index in [1.165, 1.54) is 12.1 Å². The summed E-state index contributed by atoms with van der Waals surface area (Å²) in [6, 6.07) is 7.43. The number of aryl methyl sites for hydroxylation is 1. The fourth-order valence-corrected chi connectivity index (χ4v) is 4.57. The zero-order valence-corrected chi connectivity index (χ0v) is 17.6. The topological polar surface area (TPSA) is 113 Å². The maximum Gasteiger partial charge on any atom is 0.418 e. The molecule has 0 radical (unpaired) electrons. The second-order valence-electron chi connectivity index (χ2n) is 8.22. The van der Waals surface area contributed by atoms with E-state index in [2.05, 4.69) is 25.4 Å². The summed E-state index contributed by atoms with van der Waals surface area (Å²) < 4.78 is 46.8. The molecule has 2 aliphatic rings. The fraction of sp³-hybridized carbons (Fsp3) is 0.364. The van der Waals surface area contributed by atoms with Crippen molar-refractivity contribution >= 4 is 22.4 Å². The van der Waals surface area contributed by atoms with Gasteiger partial charge in [-0.15, -0.1) is 5.10 Å². The molecule has 33 heavy (non-hydrogen) atoms. The normalized spacial score (nSPS) is 20.8. The number of alkyl halides is 3. The summed E-state index contributed by atoms with van der Waals surface area (Å²) in [7, 11) is 0. The SMILES string of the molecule is Cc1nnc(N[C@H](N)c2cccc(C#N)c2C(F)(F)F)c2cc(N3C[C@H]4C[C@@H]3CO4)ncc12. The molecule has 2 fully saturated rings. The first kappa shape index (κ1) is 21.4. The summed E-state index contributed by atoms with van der Waals surface area (Å²) in [6.45, 7) is 3.16. The molecule has 0 unspecified atom stereocenters. The summed E-state index contributed by atoms with van der Waals surface area (Å²) in [5.74, 6) is 0.979. The van der Waals surface area contributed by atoms with Crippen LogP contribution in [-0.4, -0.2) is 40.5 Å². The smallest absolute Gasteiger partial charge is 0.374 e. The predicted octanol–water partition coefficient (Wildman–Crippen LogP) is 3.27. The zero-order valence-electron chi connectivity index (χ0n) is 17.6. The van der Waals surface area contributed by atoms with Crippen LogP contribution < -0.4 is 16.0 Å². The molecule has 170 valence electrons. The lowest BCUT2D eigenvalue weighted by molar-refractivity contribution is -0.138. The molecule has 0 amide bonds. The van der Waals surface area contributed by atoms with Gasteiger partial charge in [0.15, 0.2) is 5.82 Å². The van der Waals surface area contributed by atoms with Crippen LogP contribution in [0.1, 0.15) is 35.0 Å². The largest absolute Gasteiger partial charge is 0.418 e. The van der Waals surface area contributed by atoms with Gasteiger partial charge in [-0.2, -0.15) is 23.5 Å². The molecule has 11 heteroatoms. The third kappa shape index (κ3) is 3.71. The van der Waals surface area contributed by atoms with Gasteiger partial charge in [0.05, 0.1) is 41.6 Å². The Bertz CT molecular complexity index is 1270. The van der Waals surface area contributed by atoms with Crippen molar-refractivity contribution in [3.05, 3.63) is 52.8 Å². The Labute approximate surface area is 187 Å². The highest BCUT2D eigenvalue weighted by Gasteiger charge is 2.40. The lowest BCUT2D eigenvalue weighted by atomic mass is 9.99. The minimum Gasteiger partial charge on any atom is -0.374 e. The molecule has 0 saturated carbocycles. The molecule has 8 nitrogen and oxygen atoms in total. The number of nitrogens with two attached hydrogens (primary N) is 1. The van der Waals surface area contributed by atoms with Crippen LogP contribution in [-0.2, 0) is 10.9 Å². The summed E-state index contributed by atoms with van der Waals surface area (Å²) in [4.78, 5) is 6.75. The summed E-state index contributed by atoms with van der Waals surface area (Å²) >= 11 is 0. The van der Waals surface area contributed by atoms with E-state index in [-0.39, 0.29) is 23.5 Å². The standard InChI is InChI=1S/C22H20F3N7O/c1-11-17-8-28-18(32-9-14-5-13(32)10-33-14)6-16(17)21(31-30-11)29-20(27)15-4-2-3-12(7-26)19(15)22(23,24)25/h2-4,6,8,13-14,20H,5,9-10,27H2,1H3,(H,29,31)/t13-,14-,20+/m1/s1. The number of pyridine rings is 1. The number of ether oxygens (including phenoxy) is 1. The molecule has 2 aliphatic heterocycles. The molecule has 2 saturated heterocycles. The maximum absolute atomic E-state index is 13.7. The van der Waals surface area contributed by atoms with E-state index in [4.69, 9.17) is 10.5 Å². The van der Waals surface area contributed by atoms with Gasteiger partial charge in [-0.25, -0.2) is 4.98 Å². The molecular formula is C22H20F3N7O. The number of nitrogens with zero attached hydrogens (tertiary/aromatic N) is 5. The Morgan fingerprint density at radius 3 is 2.79 bits per heavy atom. The highest BCUT2D eigenvalue weighted by Crippen LogP contribution is 2.38. The quantitative estimate of drug-likeness (QED) is 0.577. The Balaban J connectivity index is 1.54. The number of nitriles is 1. The molecular weight excluding hydrogens is 435 g/mol. The number of hydrogen-bond donors (Lipinski definition) is 2. The Kier molecular flexibility index (Phi) is 5.07. The summed E-state index contributed by atoms with van der Waals surface area (Å²) in [6.07, 6.45) is -3.20.